The molecule has 28 heavy (non-hydrogen) atoms. The van der Waals surface area contributed by atoms with Gasteiger partial charge in [0.1, 0.15) is 4.83 Å². The Morgan fingerprint density at radius 1 is 1.29 bits per heavy atom. The van der Waals surface area contributed by atoms with Crippen molar-refractivity contribution in [2.45, 2.75) is 64.6 Å². The molecule has 1 fully saturated rings. The van der Waals surface area contributed by atoms with Crippen molar-refractivity contribution in [1.82, 2.24) is 14.5 Å². The van der Waals surface area contributed by atoms with Gasteiger partial charge in [0.15, 0.2) is 5.16 Å². The zero-order valence-electron chi connectivity index (χ0n) is 17.0. The Balaban J connectivity index is 1.60. The molecule has 0 aromatic carbocycles. The third-order valence-electron chi connectivity index (χ3n) is 6.03. The Hall–Kier alpha value is -1.34. The van der Waals surface area contributed by atoms with Crippen LogP contribution in [0.15, 0.2) is 9.95 Å². The molecular weight excluding hydrogens is 390 g/mol. The Kier molecular flexibility index (Phi) is 5.83. The summed E-state index contributed by atoms with van der Waals surface area (Å²) >= 11 is 3.10. The molecule has 2 aliphatic rings. The molecule has 2 aromatic rings. The van der Waals surface area contributed by atoms with E-state index in [1.165, 1.54) is 28.6 Å². The summed E-state index contributed by atoms with van der Waals surface area (Å²) in [6.45, 7) is 8.75. The van der Waals surface area contributed by atoms with E-state index in [1.54, 1.807) is 15.9 Å². The summed E-state index contributed by atoms with van der Waals surface area (Å²) in [4.78, 5) is 34.9. The second kappa shape index (κ2) is 8.19. The van der Waals surface area contributed by atoms with E-state index in [2.05, 4.69) is 13.8 Å². The molecule has 0 N–H and O–H groups in total. The molecule has 4 rings (SSSR count). The summed E-state index contributed by atoms with van der Waals surface area (Å²) in [5.41, 5.74) is 1.30. The van der Waals surface area contributed by atoms with Gasteiger partial charge >= 0.3 is 0 Å². The zero-order chi connectivity index (χ0) is 19.8. The smallest absolute Gasteiger partial charge is 0.263 e. The Morgan fingerprint density at radius 3 is 2.86 bits per heavy atom. The number of likely N-dealkylation sites (tertiary alicyclic amines) is 1. The van der Waals surface area contributed by atoms with E-state index >= 15 is 0 Å². The maximum atomic E-state index is 13.2. The number of nitrogens with zero attached hydrogens (tertiary/aromatic N) is 3. The molecular formula is C21H29N3O2S2. The number of aryl methyl sites for hydroxylation is 1. The van der Waals surface area contributed by atoms with Crippen LogP contribution in [0, 0.1) is 11.8 Å². The van der Waals surface area contributed by atoms with Crippen molar-refractivity contribution in [3.8, 4) is 0 Å². The Morgan fingerprint density at radius 2 is 2.11 bits per heavy atom. The lowest BCUT2D eigenvalue weighted by molar-refractivity contribution is -0.130. The number of thioether (sulfide) groups is 1. The highest BCUT2D eigenvalue weighted by atomic mass is 32.2. The number of carbonyl (C=O) groups excluding carboxylic acids is 1. The van der Waals surface area contributed by atoms with Gasteiger partial charge in [-0.1, -0.05) is 25.6 Å². The highest BCUT2D eigenvalue weighted by Gasteiger charge is 2.25. The fraction of sp³-hybridized carbons (Fsp3) is 0.667. The van der Waals surface area contributed by atoms with Gasteiger partial charge in [-0.15, -0.1) is 11.3 Å². The monoisotopic (exact) mass is 419 g/mol. The van der Waals surface area contributed by atoms with Crippen LogP contribution in [0.3, 0.4) is 0 Å². The number of fused-ring (bicyclic) bond motifs is 3. The average Bonchev–Trinajstić information content (AvgIpc) is 3.03. The van der Waals surface area contributed by atoms with Gasteiger partial charge in [0.25, 0.3) is 5.56 Å². The second-order valence-corrected chi connectivity index (χ2v) is 10.4. The topological polar surface area (TPSA) is 55.2 Å². The lowest BCUT2D eigenvalue weighted by Crippen LogP contribution is -2.40. The third kappa shape index (κ3) is 3.75. The van der Waals surface area contributed by atoms with Gasteiger partial charge in [0.2, 0.25) is 5.91 Å². The third-order valence-corrected chi connectivity index (χ3v) is 8.14. The molecule has 0 saturated carbocycles. The van der Waals surface area contributed by atoms with Crippen molar-refractivity contribution >= 4 is 39.2 Å². The summed E-state index contributed by atoms with van der Waals surface area (Å²) < 4.78 is 1.75. The van der Waals surface area contributed by atoms with Crippen molar-refractivity contribution in [3.63, 3.8) is 0 Å². The van der Waals surface area contributed by atoms with Gasteiger partial charge in [0.05, 0.1) is 11.1 Å². The van der Waals surface area contributed by atoms with Crippen LogP contribution in [-0.4, -0.2) is 39.2 Å². The molecule has 0 spiro atoms. The predicted octanol–water partition coefficient (Wildman–Crippen LogP) is 3.95. The minimum atomic E-state index is 0.0705. The van der Waals surface area contributed by atoms with Crippen LogP contribution >= 0.6 is 23.1 Å². The minimum absolute atomic E-state index is 0.0705. The van der Waals surface area contributed by atoms with Gasteiger partial charge < -0.3 is 4.90 Å². The minimum Gasteiger partial charge on any atom is -0.342 e. The average molecular weight is 420 g/mol. The van der Waals surface area contributed by atoms with Crippen LogP contribution in [0.4, 0.5) is 0 Å². The van der Waals surface area contributed by atoms with Crippen LogP contribution in [0.2, 0.25) is 0 Å². The van der Waals surface area contributed by atoms with Crippen LogP contribution in [0.1, 0.15) is 50.5 Å². The molecule has 0 unspecified atom stereocenters. The highest BCUT2D eigenvalue weighted by molar-refractivity contribution is 7.99. The quantitative estimate of drug-likeness (QED) is 0.556. The summed E-state index contributed by atoms with van der Waals surface area (Å²) in [5.74, 6) is 1.76. The molecule has 7 heteroatoms. The SMILES string of the molecule is CCn1c(SCC(=O)N2CCC[C@@H](C)C2)nc2sc3c(c2c1=O)CC[C@@H](C)C3. The number of hydrogen-bond donors (Lipinski definition) is 0. The van der Waals surface area contributed by atoms with Gasteiger partial charge in [0, 0.05) is 24.5 Å². The van der Waals surface area contributed by atoms with E-state index in [-0.39, 0.29) is 11.5 Å². The molecule has 2 aromatic heterocycles. The standard InChI is InChI=1S/C21H29N3O2S2/c1-4-24-20(26)18-15-8-7-13(2)10-16(15)28-19(18)22-21(24)27-12-17(25)23-9-5-6-14(3)11-23/h13-14H,4-12H2,1-3H3/t13-,14-/m1/s1. The molecule has 5 nitrogen and oxygen atoms in total. The van der Waals surface area contributed by atoms with E-state index in [0.717, 1.165) is 49.0 Å². The van der Waals surface area contributed by atoms with Crippen LogP contribution in [0.25, 0.3) is 10.2 Å². The first-order chi connectivity index (χ1) is 13.5. The molecule has 1 amide bonds. The van der Waals surface area contributed by atoms with Gasteiger partial charge in [-0.25, -0.2) is 4.98 Å². The number of carbonyl (C=O) groups is 1. The Bertz CT molecular complexity index is 949. The molecule has 3 heterocycles. The fourth-order valence-electron chi connectivity index (χ4n) is 4.43. The van der Waals surface area contributed by atoms with Gasteiger partial charge in [-0.2, -0.15) is 0 Å². The first-order valence-electron chi connectivity index (χ1n) is 10.4. The van der Waals surface area contributed by atoms with Crippen molar-refractivity contribution < 1.29 is 4.79 Å². The number of piperidine rings is 1. The number of aromatic nitrogens is 2. The summed E-state index contributed by atoms with van der Waals surface area (Å²) in [5, 5.41) is 1.51. The Labute approximate surface area is 174 Å². The summed E-state index contributed by atoms with van der Waals surface area (Å²) in [7, 11) is 0. The molecule has 152 valence electrons. The molecule has 2 atom stereocenters. The maximum absolute atomic E-state index is 13.2. The number of amides is 1. The van der Waals surface area contributed by atoms with Crippen molar-refractivity contribution in [3.05, 3.63) is 20.8 Å². The van der Waals surface area contributed by atoms with Crippen LogP contribution < -0.4 is 5.56 Å². The largest absolute Gasteiger partial charge is 0.342 e. The molecule has 0 radical (unpaired) electrons. The van der Waals surface area contributed by atoms with E-state index in [1.807, 2.05) is 11.8 Å². The second-order valence-electron chi connectivity index (χ2n) is 8.35. The first-order valence-corrected chi connectivity index (χ1v) is 12.2. The maximum Gasteiger partial charge on any atom is 0.263 e. The predicted molar refractivity (Wildman–Crippen MR) is 116 cm³/mol. The molecule has 0 bridgehead atoms. The van der Waals surface area contributed by atoms with E-state index in [9.17, 15) is 9.59 Å². The van der Waals surface area contributed by atoms with E-state index in [4.69, 9.17) is 4.98 Å². The van der Waals surface area contributed by atoms with Gasteiger partial charge in [-0.05, 0) is 56.4 Å². The number of hydrogen-bond acceptors (Lipinski definition) is 5. The normalized spacial score (nSPS) is 22.5. The van der Waals surface area contributed by atoms with Gasteiger partial charge in [-0.3, -0.25) is 14.2 Å². The fourth-order valence-corrected chi connectivity index (χ4v) is 6.82. The molecule has 1 saturated heterocycles. The summed E-state index contributed by atoms with van der Waals surface area (Å²) in [6.07, 6.45) is 5.46. The lowest BCUT2D eigenvalue weighted by Gasteiger charge is -2.30. The van der Waals surface area contributed by atoms with Crippen molar-refractivity contribution in [1.29, 1.82) is 0 Å². The first kappa shape index (κ1) is 20.0. The van der Waals surface area contributed by atoms with Crippen LogP contribution in [0.5, 0.6) is 0 Å². The van der Waals surface area contributed by atoms with E-state index in [0.29, 0.717) is 29.3 Å². The lowest BCUT2D eigenvalue weighted by atomic mass is 9.89. The number of rotatable bonds is 4. The van der Waals surface area contributed by atoms with E-state index < -0.39 is 0 Å². The summed E-state index contributed by atoms with van der Waals surface area (Å²) in [6, 6.07) is 0. The zero-order valence-corrected chi connectivity index (χ0v) is 18.6. The van der Waals surface area contributed by atoms with Crippen molar-refractivity contribution in [2.75, 3.05) is 18.8 Å². The molecule has 1 aliphatic heterocycles. The highest BCUT2D eigenvalue weighted by Crippen LogP contribution is 2.36. The molecule has 1 aliphatic carbocycles. The van der Waals surface area contributed by atoms with Crippen LogP contribution in [-0.2, 0) is 24.2 Å². The number of thiophene rings is 1. The van der Waals surface area contributed by atoms with Crippen molar-refractivity contribution in [2.24, 2.45) is 11.8 Å².